The lowest BCUT2D eigenvalue weighted by Crippen LogP contribution is -2.33. The van der Waals surface area contributed by atoms with Gasteiger partial charge in [0.2, 0.25) is 0 Å². The minimum absolute atomic E-state index is 0.0672. The summed E-state index contributed by atoms with van der Waals surface area (Å²) >= 11 is 0. The molecule has 8 heteroatoms. The van der Waals surface area contributed by atoms with Crippen LogP contribution in [0.3, 0.4) is 0 Å². The van der Waals surface area contributed by atoms with Crippen LogP contribution in [0.4, 0.5) is 19.0 Å². The first-order chi connectivity index (χ1) is 9.29. The molecule has 0 spiro atoms. The van der Waals surface area contributed by atoms with Crippen molar-refractivity contribution in [2.45, 2.75) is 45.3 Å². The van der Waals surface area contributed by atoms with E-state index in [2.05, 4.69) is 20.6 Å². The second-order valence-corrected chi connectivity index (χ2v) is 4.90. The molecular weight excluding hydrogens is 271 g/mol. The van der Waals surface area contributed by atoms with Gasteiger partial charge in [0, 0.05) is 5.54 Å². The average Bonchev–Trinajstić information content (AvgIpc) is 2.81. The van der Waals surface area contributed by atoms with Crippen LogP contribution >= 0.6 is 0 Å². The minimum Gasteiger partial charge on any atom is -0.363 e. The second kappa shape index (κ2) is 4.92. The molecule has 0 saturated carbocycles. The van der Waals surface area contributed by atoms with Crippen LogP contribution in [-0.2, 0) is 6.18 Å². The van der Waals surface area contributed by atoms with Gasteiger partial charge >= 0.3 is 6.18 Å². The molecule has 0 atom stereocenters. The Hall–Kier alpha value is -1.86. The van der Waals surface area contributed by atoms with Crippen molar-refractivity contribution in [3.63, 3.8) is 0 Å². The third-order valence-electron chi connectivity index (χ3n) is 3.51. The van der Waals surface area contributed by atoms with Crippen molar-refractivity contribution >= 4 is 11.5 Å². The van der Waals surface area contributed by atoms with Crippen LogP contribution in [0.1, 0.15) is 39.4 Å². The van der Waals surface area contributed by atoms with E-state index in [1.165, 1.54) is 6.07 Å². The highest BCUT2D eigenvalue weighted by atomic mass is 19.4. The Balaban J connectivity index is 2.42. The van der Waals surface area contributed by atoms with E-state index in [4.69, 9.17) is 0 Å². The van der Waals surface area contributed by atoms with Gasteiger partial charge in [0.15, 0.2) is 5.65 Å². The number of aromatic nitrogens is 4. The first kappa shape index (κ1) is 14.5. The van der Waals surface area contributed by atoms with Gasteiger partial charge in [0.1, 0.15) is 5.82 Å². The number of nitrogens with zero attached hydrogens (tertiary/aromatic N) is 4. The van der Waals surface area contributed by atoms with Crippen LogP contribution < -0.4 is 5.32 Å². The topological polar surface area (TPSA) is 55.1 Å². The first-order valence-electron chi connectivity index (χ1n) is 6.37. The zero-order chi connectivity index (χ0) is 15.0. The Bertz CT molecular complexity index is 601. The number of alkyl halides is 3. The van der Waals surface area contributed by atoms with Crippen molar-refractivity contribution in [1.82, 2.24) is 19.8 Å². The van der Waals surface area contributed by atoms with Crippen LogP contribution in [0.5, 0.6) is 0 Å². The summed E-state index contributed by atoms with van der Waals surface area (Å²) in [6.07, 6.45) is -2.92. The normalized spacial score (nSPS) is 12.9. The molecule has 2 rings (SSSR count). The predicted molar refractivity (Wildman–Crippen MR) is 68.4 cm³/mol. The maximum atomic E-state index is 12.8. The zero-order valence-corrected chi connectivity index (χ0v) is 11.5. The van der Waals surface area contributed by atoms with Gasteiger partial charge in [-0.1, -0.05) is 13.8 Å². The van der Waals surface area contributed by atoms with Crippen molar-refractivity contribution in [3.05, 3.63) is 18.0 Å². The number of anilines is 1. The summed E-state index contributed by atoms with van der Waals surface area (Å²) in [6.45, 7) is 6.01. The smallest absolute Gasteiger partial charge is 0.363 e. The lowest BCUT2D eigenvalue weighted by atomic mass is 9.96. The van der Waals surface area contributed by atoms with Gasteiger partial charge in [0.25, 0.3) is 5.82 Å². The molecule has 0 fully saturated rings. The summed E-state index contributed by atoms with van der Waals surface area (Å²) < 4.78 is 39.0. The quantitative estimate of drug-likeness (QED) is 0.938. The first-order valence-corrected chi connectivity index (χ1v) is 6.37. The molecular formula is C12H16F3N5. The lowest BCUT2D eigenvalue weighted by molar-refractivity contribution is -0.146. The number of halogens is 3. The van der Waals surface area contributed by atoms with E-state index in [9.17, 15) is 13.2 Å². The number of fused-ring (bicyclic) bond motifs is 1. The number of nitrogens with one attached hydrogen (secondary N) is 1. The summed E-state index contributed by atoms with van der Waals surface area (Å²) in [5, 5.41) is 13.7. The van der Waals surface area contributed by atoms with Gasteiger partial charge in [0.05, 0.1) is 0 Å². The third-order valence-corrected chi connectivity index (χ3v) is 3.51. The van der Waals surface area contributed by atoms with Crippen LogP contribution in [0, 0.1) is 0 Å². The summed E-state index contributed by atoms with van der Waals surface area (Å²) in [5.41, 5.74) is -0.148. The molecule has 0 unspecified atom stereocenters. The van der Waals surface area contributed by atoms with Gasteiger partial charge in [-0.2, -0.15) is 17.7 Å². The van der Waals surface area contributed by atoms with Crippen molar-refractivity contribution in [2.75, 3.05) is 5.32 Å². The third kappa shape index (κ3) is 2.68. The second-order valence-electron chi connectivity index (χ2n) is 4.90. The Kier molecular flexibility index (Phi) is 3.58. The highest BCUT2D eigenvalue weighted by Crippen LogP contribution is 2.28. The fourth-order valence-corrected chi connectivity index (χ4v) is 1.77. The molecule has 2 aromatic rings. The monoisotopic (exact) mass is 287 g/mol. The van der Waals surface area contributed by atoms with E-state index in [0.717, 1.165) is 12.8 Å². The molecule has 5 nitrogen and oxygen atoms in total. The molecule has 20 heavy (non-hydrogen) atoms. The van der Waals surface area contributed by atoms with Crippen LogP contribution in [0.15, 0.2) is 12.1 Å². The fourth-order valence-electron chi connectivity index (χ4n) is 1.77. The highest BCUT2D eigenvalue weighted by Gasteiger charge is 2.37. The van der Waals surface area contributed by atoms with Crippen molar-refractivity contribution < 1.29 is 13.2 Å². The highest BCUT2D eigenvalue weighted by molar-refractivity contribution is 5.45. The summed E-state index contributed by atoms with van der Waals surface area (Å²) in [4.78, 5) is 0. The minimum atomic E-state index is -4.58. The van der Waals surface area contributed by atoms with E-state index < -0.39 is 12.0 Å². The van der Waals surface area contributed by atoms with E-state index in [1.807, 2.05) is 20.8 Å². The molecule has 1 N–H and O–H groups in total. The van der Waals surface area contributed by atoms with Gasteiger partial charge in [-0.25, -0.2) is 0 Å². The SMILES string of the molecule is CCC(C)(CC)Nc1ccc2nnc(C(F)(F)F)n2n1. The van der Waals surface area contributed by atoms with Crippen LogP contribution in [0.2, 0.25) is 0 Å². The van der Waals surface area contributed by atoms with Crippen molar-refractivity contribution in [3.8, 4) is 0 Å². The summed E-state index contributed by atoms with van der Waals surface area (Å²) in [6, 6.07) is 3.07. The van der Waals surface area contributed by atoms with Crippen LogP contribution in [0.25, 0.3) is 5.65 Å². The van der Waals surface area contributed by atoms with Crippen molar-refractivity contribution in [2.24, 2.45) is 0 Å². The van der Waals surface area contributed by atoms with E-state index in [-0.39, 0.29) is 11.2 Å². The standard InChI is InChI=1S/C12H16F3N5/c1-4-11(3,5-2)16-8-6-7-9-17-18-10(12(13,14)15)20(9)19-8/h6-7H,4-5H2,1-3H3,(H,16,19). The average molecular weight is 287 g/mol. The van der Waals surface area contributed by atoms with Gasteiger partial charge in [-0.05, 0) is 31.9 Å². The molecule has 0 bridgehead atoms. The number of rotatable bonds is 4. The van der Waals surface area contributed by atoms with Crippen LogP contribution in [-0.4, -0.2) is 25.4 Å². The number of hydrogen-bond acceptors (Lipinski definition) is 4. The van der Waals surface area contributed by atoms with Crippen molar-refractivity contribution in [1.29, 1.82) is 0 Å². The molecule has 0 aliphatic carbocycles. The largest absolute Gasteiger partial charge is 0.453 e. The zero-order valence-electron chi connectivity index (χ0n) is 11.5. The predicted octanol–water partition coefficient (Wildman–Crippen LogP) is 3.13. The van der Waals surface area contributed by atoms with E-state index in [0.29, 0.717) is 10.3 Å². The maximum Gasteiger partial charge on any atom is 0.453 e. The summed E-state index contributed by atoms with van der Waals surface area (Å²) in [5.74, 6) is -0.750. The Morgan fingerprint density at radius 3 is 2.35 bits per heavy atom. The van der Waals surface area contributed by atoms with E-state index >= 15 is 0 Å². The molecule has 0 amide bonds. The molecule has 2 heterocycles. The van der Waals surface area contributed by atoms with Gasteiger partial charge in [-0.3, -0.25) is 0 Å². The molecule has 110 valence electrons. The molecule has 0 saturated heterocycles. The molecule has 2 aromatic heterocycles. The molecule has 0 aliphatic heterocycles. The summed E-state index contributed by atoms with van der Waals surface area (Å²) in [7, 11) is 0. The number of hydrogen-bond donors (Lipinski definition) is 1. The van der Waals surface area contributed by atoms with E-state index in [1.54, 1.807) is 6.07 Å². The molecule has 0 aromatic carbocycles. The molecule has 0 aliphatic rings. The Morgan fingerprint density at radius 2 is 1.80 bits per heavy atom. The Morgan fingerprint density at radius 1 is 1.15 bits per heavy atom. The Labute approximate surface area is 114 Å². The fraction of sp³-hybridized carbons (Fsp3) is 0.583. The maximum absolute atomic E-state index is 12.8. The molecule has 0 radical (unpaired) electrons. The van der Waals surface area contributed by atoms with Gasteiger partial charge in [-0.15, -0.1) is 15.3 Å². The van der Waals surface area contributed by atoms with Gasteiger partial charge < -0.3 is 5.32 Å². The lowest BCUT2D eigenvalue weighted by Gasteiger charge is -2.28.